The summed E-state index contributed by atoms with van der Waals surface area (Å²) < 4.78 is 5.78. The van der Waals surface area contributed by atoms with E-state index in [-0.39, 0.29) is 35.5 Å². The second kappa shape index (κ2) is 6.02. The molecule has 0 aromatic heterocycles. The minimum absolute atomic E-state index is 0.140. The van der Waals surface area contributed by atoms with Gasteiger partial charge in [0.25, 0.3) is 11.8 Å². The molecule has 2 aromatic rings. The fourth-order valence-electron chi connectivity index (χ4n) is 5.86. The van der Waals surface area contributed by atoms with Crippen molar-refractivity contribution in [3.8, 4) is 5.75 Å². The van der Waals surface area contributed by atoms with Crippen LogP contribution in [0.15, 0.2) is 53.7 Å². The van der Waals surface area contributed by atoms with Crippen molar-refractivity contribution < 1.29 is 14.3 Å². The fourth-order valence-corrected chi connectivity index (χ4v) is 5.86. The Labute approximate surface area is 169 Å². The molecular formula is C24H22N2O3. The molecule has 7 rings (SSSR count). The number of benzene rings is 2. The molecule has 3 fully saturated rings. The Morgan fingerprint density at radius 2 is 1.72 bits per heavy atom. The van der Waals surface area contributed by atoms with Crippen molar-refractivity contribution in [1.29, 1.82) is 0 Å². The number of carbonyl (C=O) groups is 2. The average molecular weight is 386 g/mol. The highest BCUT2D eigenvalue weighted by Crippen LogP contribution is 2.65. The van der Waals surface area contributed by atoms with Crippen LogP contribution in [-0.4, -0.2) is 29.6 Å². The molecule has 0 radical (unpaired) electrons. The standard InChI is InChI=1S/C24H22N2O3/c1-2-29-20-10-7-13-5-3-4-6-14(13)19(20)12-25-26-23(27)21-15-8-9-16(18-11-17(15)18)22(21)24(26)28/h3-10,12,15-18,21-22H,2,11H2,1H3/t15-,16-,17-,18+,21+,22+/m0/s1. The van der Waals surface area contributed by atoms with Crippen LogP contribution in [0, 0.1) is 35.5 Å². The van der Waals surface area contributed by atoms with E-state index in [2.05, 4.69) is 17.3 Å². The SMILES string of the molecule is CCOc1ccc2ccccc2c1C=NN1C(=O)[C@@H]2[C@H]3C=C[C@@H]([C@@H]4C[C@H]34)[C@H]2C1=O. The summed E-state index contributed by atoms with van der Waals surface area (Å²) in [6.45, 7) is 2.46. The smallest absolute Gasteiger partial charge is 0.254 e. The second-order valence-corrected chi connectivity index (χ2v) is 8.52. The number of carbonyl (C=O) groups excluding carboxylic acids is 2. The molecule has 2 amide bonds. The molecule has 1 heterocycles. The number of nitrogens with zero attached hydrogens (tertiary/aromatic N) is 2. The topological polar surface area (TPSA) is 59.0 Å². The Kier molecular flexibility index (Phi) is 3.52. The van der Waals surface area contributed by atoms with E-state index in [0.717, 1.165) is 27.8 Å². The van der Waals surface area contributed by atoms with Crippen molar-refractivity contribution in [2.24, 2.45) is 40.6 Å². The number of hydrazone groups is 1. The molecule has 2 saturated carbocycles. The highest BCUT2D eigenvalue weighted by atomic mass is 16.5. The molecule has 0 spiro atoms. The number of fused-ring (bicyclic) bond motifs is 1. The molecule has 5 aliphatic rings. The van der Waals surface area contributed by atoms with Crippen LogP contribution in [0.2, 0.25) is 0 Å². The van der Waals surface area contributed by atoms with Gasteiger partial charge in [-0.1, -0.05) is 42.5 Å². The summed E-state index contributed by atoms with van der Waals surface area (Å²) in [5.74, 6) is 1.58. The zero-order valence-electron chi connectivity index (χ0n) is 16.2. The van der Waals surface area contributed by atoms with Crippen LogP contribution in [0.5, 0.6) is 5.75 Å². The summed E-state index contributed by atoms with van der Waals surface area (Å²) in [5.41, 5.74) is 0.796. The van der Waals surface area contributed by atoms with Gasteiger partial charge in [0.2, 0.25) is 0 Å². The molecule has 2 bridgehead atoms. The number of hydrogen-bond donors (Lipinski definition) is 0. The van der Waals surface area contributed by atoms with Gasteiger partial charge >= 0.3 is 0 Å². The molecule has 0 unspecified atom stereocenters. The van der Waals surface area contributed by atoms with Crippen molar-refractivity contribution in [2.75, 3.05) is 6.61 Å². The van der Waals surface area contributed by atoms with Crippen LogP contribution >= 0.6 is 0 Å². The zero-order chi connectivity index (χ0) is 19.7. The van der Waals surface area contributed by atoms with Crippen LogP contribution in [0.4, 0.5) is 0 Å². The van der Waals surface area contributed by atoms with Crippen molar-refractivity contribution in [3.05, 3.63) is 54.1 Å². The predicted octanol–water partition coefficient (Wildman–Crippen LogP) is 3.63. The molecule has 1 aliphatic heterocycles. The van der Waals surface area contributed by atoms with Crippen LogP contribution in [-0.2, 0) is 9.59 Å². The van der Waals surface area contributed by atoms with E-state index in [4.69, 9.17) is 4.74 Å². The van der Waals surface area contributed by atoms with E-state index in [1.54, 1.807) is 6.21 Å². The summed E-state index contributed by atoms with van der Waals surface area (Å²) in [5, 5.41) is 7.59. The quantitative estimate of drug-likeness (QED) is 0.458. The lowest BCUT2D eigenvalue weighted by Crippen LogP contribution is -2.40. The van der Waals surface area contributed by atoms with Gasteiger partial charge in [-0.2, -0.15) is 10.1 Å². The highest BCUT2D eigenvalue weighted by Gasteiger charge is 2.67. The molecule has 6 atom stereocenters. The summed E-state index contributed by atoms with van der Waals surface area (Å²) in [6, 6.07) is 11.9. The summed E-state index contributed by atoms with van der Waals surface area (Å²) in [4.78, 5) is 26.3. The Balaban J connectivity index is 1.38. The van der Waals surface area contributed by atoms with Gasteiger partial charge in [-0.15, -0.1) is 0 Å². The van der Waals surface area contributed by atoms with Crippen molar-refractivity contribution in [3.63, 3.8) is 0 Å². The maximum Gasteiger partial charge on any atom is 0.254 e. The van der Waals surface area contributed by atoms with Crippen molar-refractivity contribution in [1.82, 2.24) is 5.01 Å². The Morgan fingerprint density at radius 3 is 2.41 bits per heavy atom. The molecule has 146 valence electrons. The van der Waals surface area contributed by atoms with Gasteiger partial charge in [-0.3, -0.25) is 9.59 Å². The van der Waals surface area contributed by atoms with Crippen LogP contribution in [0.1, 0.15) is 18.9 Å². The van der Waals surface area contributed by atoms with Crippen molar-refractivity contribution in [2.45, 2.75) is 13.3 Å². The number of ether oxygens (including phenoxy) is 1. The third kappa shape index (κ3) is 2.30. The van der Waals surface area contributed by atoms with Gasteiger partial charge in [-0.05, 0) is 53.9 Å². The lowest BCUT2D eigenvalue weighted by Gasteiger charge is -2.37. The normalized spacial score (nSPS) is 34.2. The Bertz CT molecular complexity index is 1070. The van der Waals surface area contributed by atoms with Gasteiger partial charge < -0.3 is 4.74 Å². The van der Waals surface area contributed by atoms with Crippen LogP contribution in [0.25, 0.3) is 10.8 Å². The number of hydrogen-bond acceptors (Lipinski definition) is 4. The van der Waals surface area contributed by atoms with Gasteiger partial charge in [-0.25, -0.2) is 0 Å². The fraction of sp³-hybridized carbons (Fsp3) is 0.375. The van der Waals surface area contributed by atoms with E-state index < -0.39 is 0 Å². The van der Waals surface area contributed by atoms with E-state index in [1.807, 2.05) is 43.3 Å². The van der Waals surface area contributed by atoms with Gasteiger partial charge in [0.1, 0.15) is 5.75 Å². The summed E-state index contributed by atoms with van der Waals surface area (Å²) >= 11 is 0. The first-order chi connectivity index (χ1) is 14.2. The molecule has 5 heteroatoms. The Hall–Kier alpha value is -2.95. The number of allylic oxidation sites excluding steroid dienone is 2. The van der Waals surface area contributed by atoms with E-state index in [0.29, 0.717) is 24.2 Å². The van der Waals surface area contributed by atoms with E-state index in [1.165, 1.54) is 0 Å². The molecular weight excluding hydrogens is 364 g/mol. The zero-order valence-corrected chi connectivity index (χ0v) is 16.2. The molecule has 4 aliphatic carbocycles. The molecule has 29 heavy (non-hydrogen) atoms. The highest BCUT2D eigenvalue weighted by molar-refractivity contribution is 6.08. The van der Waals surface area contributed by atoms with Gasteiger partial charge in [0.05, 0.1) is 24.7 Å². The van der Waals surface area contributed by atoms with Gasteiger partial charge in [0.15, 0.2) is 0 Å². The van der Waals surface area contributed by atoms with Crippen molar-refractivity contribution >= 4 is 28.8 Å². The second-order valence-electron chi connectivity index (χ2n) is 8.52. The van der Waals surface area contributed by atoms with Crippen LogP contribution < -0.4 is 4.74 Å². The maximum atomic E-state index is 13.1. The molecule has 0 N–H and O–H groups in total. The van der Waals surface area contributed by atoms with E-state index in [9.17, 15) is 9.59 Å². The third-order valence-electron chi connectivity index (χ3n) is 7.17. The minimum atomic E-state index is -0.225. The average Bonchev–Trinajstić information content (AvgIpc) is 3.53. The number of rotatable bonds is 4. The number of amides is 2. The largest absolute Gasteiger partial charge is 0.493 e. The molecule has 2 aromatic carbocycles. The summed E-state index contributed by atoms with van der Waals surface area (Å²) in [6.07, 6.45) is 7.13. The number of imide groups is 1. The minimum Gasteiger partial charge on any atom is -0.493 e. The predicted molar refractivity (Wildman–Crippen MR) is 109 cm³/mol. The third-order valence-corrected chi connectivity index (χ3v) is 7.17. The lowest BCUT2D eigenvalue weighted by atomic mass is 9.63. The first kappa shape index (κ1) is 17.0. The lowest BCUT2D eigenvalue weighted by molar-refractivity contribution is -0.140. The molecule has 1 saturated heterocycles. The molecule has 5 nitrogen and oxygen atoms in total. The monoisotopic (exact) mass is 386 g/mol. The maximum absolute atomic E-state index is 13.1. The first-order valence-corrected chi connectivity index (χ1v) is 10.4. The van der Waals surface area contributed by atoms with Gasteiger partial charge in [0, 0.05) is 5.56 Å². The first-order valence-electron chi connectivity index (χ1n) is 10.4. The Morgan fingerprint density at radius 1 is 1.03 bits per heavy atom. The summed E-state index contributed by atoms with van der Waals surface area (Å²) in [7, 11) is 0. The van der Waals surface area contributed by atoms with Crippen LogP contribution in [0.3, 0.4) is 0 Å². The van der Waals surface area contributed by atoms with E-state index >= 15 is 0 Å².